The summed E-state index contributed by atoms with van der Waals surface area (Å²) >= 11 is 0. The molecule has 0 unspecified atom stereocenters. The average Bonchev–Trinajstić information content (AvgIpc) is 2.78. The molecule has 0 spiro atoms. The monoisotopic (exact) mass is 271 g/mol. The van der Waals surface area contributed by atoms with E-state index in [-0.39, 0.29) is 5.91 Å². The Kier molecular flexibility index (Phi) is 4.93. The smallest absolute Gasteiger partial charge is 0.220 e. The van der Waals surface area contributed by atoms with Crippen LogP contribution < -0.4 is 5.32 Å². The van der Waals surface area contributed by atoms with Gasteiger partial charge in [0, 0.05) is 31.4 Å². The first-order chi connectivity index (χ1) is 9.66. The zero-order chi connectivity index (χ0) is 14.4. The number of benzene rings is 1. The van der Waals surface area contributed by atoms with E-state index in [4.69, 9.17) is 0 Å². The number of carbonyl (C=O) groups excluding carboxylic acids is 1. The van der Waals surface area contributed by atoms with E-state index in [9.17, 15) is 4.79 Å². The molecule has 0 fully saturated rings. The number of amides is 1. The molecule has 0 aliphatic carbocycles. The third kappa shape index (κ3) is 3.95. The van der Waals surface area contributed by atoms with Gasteiger partial charge in [0.2, 0.25) is 5.91 Å². The highest BCUT2D eigenvalue weighted by Gasteiger charge is 2.04. The summed E-state index contributed by atoms with van der Waals surface area (Å²) in [4.78, 5) is 16.0. The minimum absolute atomic E-state index is 0.101. The number of imidazole rings is 1. The van der Waals surface area contributed by atoms with Gasteiger partial charge in [-0.15, -0.1) is 0 Å². The Morgan fingerprint density at radius 1 is 1.25 bits per heavy atom. The molecule has 0 radical (unpaired) electrons. The molecule has 1 aromatic heterocycles. The van der Waals surface area contributed by atoms with E-state index in [1.54, 1.807) is 0 Å². The highest BCUT2D eigenvalue weighted by atomic mass is 16.1. The summed E-state index contributed by atoms with van der Waals surface area (Å²) < 4.78 is 2.11. The van der Waals surface area contributed by atoms with Gasteiger partial charge in [-0.25, -0.2) is 4.98 Å². The predicted octanol–water partition coefficient (Wildman–Crippen LogP) is 2.25. The fourth-order valence-corrected chi connectivity index (χ4v) is 2.22. The molecule has 0 atom stereocenters. The van der Waals surface area contributed by atoms with Gasteiger partial charge >= 0.3 is 0 Å². The van der Waals surface area contributed by atoms with Gasteiger partial charge in [-0.05, 0) is 25.8 Å². The Bertz CT molecular complexity index is 541. The number of nitrogens with zero attached hydrogens (tertiary/aromatic N) is 2. The molecular formula is C16H21N3O. The largest absolute Gasteiger partial charge is 0.354 e. The maximum Gasteiger partial charge on any atom is 0.220 e. The lowest BCUT2D eigenvalue weighted by molar-refractivity contribution is -0.121. The molecule has 0 aliphatic rings. The van der Waals surface area contributed by atoms with E-state index in [1.807, 2.05) is 50.4 Å². The summed E-state index contributed by atoms with van der Waals surface area (Å²) in [5.41, 5.74) is 2.32. The molecule has 0 saturated heterocycles. The molecule has 1 N–H and O–H groups in total. The number of carbonyl (C=O) groups is 1. The van der Waals surface area contributed by atoms with Gasteiger partial charge in [0.05, 0.1) is 0 Å². The van der Waals surface area contributed by atoms with Crippen LogP contribution >= 0.6 is 0 Å². The number of rotatable bonds is 6. The minimum Gasteiger partial charge on any atom is -0.354 e. The van der Waals surface area contributed by atoms with E-state index in [1.165, 1.54) is 5.56 Å². The van der Waals surface area contributed by atoms with Crippen molar-refractivity contribution in [2.45, 2.75) is 33.2 Å². The first-order valence-corrected chi connectivity index (χ1v) is 6.96. The van der Waals surface area contributed by atoms with Crippen LogP contribution in [0.15, 0.2) is 36.5 Å². The lowest BCUT2D eigenvalue weighted by atomic mass is 10.1. The van der Waals surface area contributed by atoms with Crippen LogP contribution in [0.3, 0.4) is 0 Å². The SMILES string of the molecule is Cc1cnc(C)n1CCNC(=O)CCc1ccccc1. The van der Waals surface area contributed by atoms with Gasteiger partial charge < -0.3 is 9.88 Å². The molecule has 1 amide bonds. The van der Waals surface area contributed by atoms with Gasteiger partial charge in [0.15, 0.2) is 0 Å². The Hall–Kier alpha value is -2.10. The zero-order valence-corrected chi connectivity index (χ0v) is 12.1. The maximum atomic E-state index is 11.8. The second-order valence-corrected chi connectivity index (χ2v) is 4.93. The number of hydrogen-bond acceptors (Lipinski definition) is 2. The van der Waals surface area contributed by atoms with E-state index in [0.717, 1.165) is 24.5 Å². The molecule has 20 heavy (non-hydrogen) atoms. The van der Waals surface area contributed by atoms with Gasteiger partial charge in [-0.3, -0.25) is 4.79 Å². The third-order valence-corrected chi connectivity index (χ3v) is 3.40. The van der Waals surface area contributed by atoms with Crippen molar-refractivity contribution in [2.24, 2.45) is 0 Å². The summed E-state index contributed by atoms with van der Waals surface area (Å²) in [6, 6.07) is 10.1. The lowest BCUT2D eigenvalue weighted by Crippen LogP contribution is -2.27. The highest BCUT2D eigenvalue weighted by Crippen LogP contribution is 2.03. The van der Waals surface area contributed by atoms with Crippen molar-refractivity contribution in [3.63, 3.8) is 0 Å². The normalized spacial score (nSPS) is 10.5. The van der Waals surface area contributed by atoms with Crippen LogP contribution in [-0.2, 0) is 17.8 Å². The van der Waals surface area contributed by atoms with E-state index in [2.05, 4.69) is 14.9 Å². The highest BCUT2D eigenvalue weighted by molar-refractivity contribution is 5.76. The second kappa shape index (κ2) is 6.89. The van der Waals surface area contributed by atoms with E-state index in [0.29, 0.717) is 13.0 Å². The average molecular weight is 271 g/mol. The van der Waals surface area contributed by atoms with Crippen LogP contribution in [0.5, 0.6) is 0 Å². The van der Waals surface area contributed by atoms with Crippen molar-refractivity contribution in [1.82, 2.24) is 14.9 Å². The molecule has 4 heteroatoms. The molecule has 4 nitrogen and oxygen atoms in total. The van der Waals surface area contributed by atoms with E-state index < -0.39 is 0 Å². The summed E-state index contributed by atoms with van der Waals surface area (Å²) in [6.45, 7) is 5.42. The zero-order valence-electron chi connectivity index (χ0n) is 12.1. The molecule has 0 aliphatic heterocycles. The van der Waals surface area contributed by atoms with Crippen LogP contribution in [0.2, 0.25) is 0 Å². The maximum absolute atomic E-state index is 11.8. The van der Waals surface area contributed by atoms with Crippen molar-refractivity contribution in [1.29, 1.82) is 0 Å². The Labute approximate surface area is 119 Å². The summed E-state index contributed by atoms with van der Waals surface area (Å²) in [7, 11) is 0. The van der Waals surface area contributed by atoms with Crippen molar-refractivity contribution in [2.75, 3.05) is 6.54 Å². The lowest BCUT2D eigenvalue weighted by Gasteiger charge is -2.09. The van der Waals surface area contributed by atoms with Crippen molar-refractivity contribution in [3.05, 3.63) is 53.6 Å². The first kappa shape index (κ1) is 14.3. The summed E-state index contributed by atoms with van der Waals surface area (Å²) in [6.07, 6.45) is 3.17. The number of hydrogen-bond donors (Lipinski definition) is 1. The van der Waals surface area contributed by atoms with Crippen LogP contribution in [0, 0.1) is 13.8 Å². The molecule has 106 valence electrons. The summed E-state index contributed by atoms with van der Waals surface area (Å²) in [5, 5.41) is 2.96. The fourth-order valence-electron chi connectivity index (χ4n) is 2.22. The van der Waals surface area contributed by atoms with Gasteiger partial charge in [-0.2, -0.15) is 0 Å². The first-order valence-electron chi connectivity index (χ1n) is 6.96. The Morgan fingerprint density at radius 3 is 2.65 bits per heavy atom. The van der Waals surface area contributed by atoms with Crippen LogP contribution in [0.1, 0.15) is 23.5 Å². The minimum atomic E-state index is 0.101. The standard InChI is InChI=1S/C16H21N3O/c1-13-12-18-14(2)19(13)11-10-17-16(20)9-8-15-6-4-3-5-7-15/h3-7,12H,8-11H2,1-2H3,(H,17,20). The second-order valence-electron chi connectivity index (χ2n) is 4.93. The molecule has 0 bridgehead atoms. The number of aromatic nitrogens is 2. The molecule has 1 heterocycles. The number of aryl methyl sites for hydroxylation is 3. The molecule has 2 aromatic rings. The molecule has 2 rings (SSSR count). The Balaban J connectivity index is 1.71. The fraction of sp³-hybridized carbons (Fsp3) is 0.375. The van der Waals surface area contributed by atoms with Crippen LogP contribution in [0.25, 0.3) is 0 Å². The molecule has 0 saturated carbocycles. The molecule has 1 aromatic carbocycles. The van der Waals surface area contributed by atoms with E-state index >= 15 is 0 Å². The van der Waals surface area contributed by atoms with Crippen molar-refractivity contribution >= 4 is 5.91 Å². The van der Waals surface area contributed by atoms with Crippen molar-refractivity contribution in [3.8, 4) is 0 Å². The predicted molar refractivity (Wildman–Crippen MR) is 79.5 cm³/mol. The number of nitrogens with one attached hydrogen (secondary N) is 1. The Morgan fingerprint density at radius 2 is 2.00 bits per heavy atom. The topological polar surface area (TPSA) is 46.9 Å². The summed E-state index contributed by atoms with van der Waals surface area (Å²) in [5.74, 6) is 1.09. The third-order valence-electron chi connectivity index (χ3n) is 3.40. The van der Waals surface area contributed by atoms with Gasteiger partial charge in [-0.1, -0.05) is 30.3 Å². The van der Waals surface area contributed by atoms with Crippen LogP contribution in [0.4, 0.5) is 0 Å². The van der Waals surface area contributed by atoms with Crippen LogP contribution in [-0.4, -0.2) is 22.0 Å². The van der Waals surface area contributed by atoms with Crippen molar-refractivity contribution < 1.29 is 4.79 Å². The van der Waals surface area contributed by atoms with Gasteiger partial charge in [0.1, 0.15) is 5.82 Å². The van der Waals surface area contributed by atoms with Gasteiger partial charge in [0.25, 0.3) is 0 Å². The molecular weight excluding hydrogens is 250 g/mol. The quantitative estimate of drug-likeness (QED) is 0.876.